The second-order valence-electron chi connectivity index (χ2n) is 4.93. The van der Waals surface area contributed by atoms with Crippen LogP contribution in [-0.4, -0.2) is 40.1 Å². The molecule has 0 aliphatic rings. The topological polar surface area (TPSA) is 86.5 Å². The first kappa shape index (κ1) is 14.8. The number of rotatable bonds is 5. The lowest BCUT2D eigenvalue weighted by molar-refractivity contribution is 0.0696. The van der Waals surface area contributed by atoms with Gasteiger partial charge in [0.2, 0.25) is 0 Å². The van der Waals surface area contributed by atoms with Gasteiger partial charge in [0.25, 0.3) is 0 Å². The van der Waals surface area contributed by atoms with Crippen molar-refractivity contribution < 1.29 is 19.4 Å². The Morgan fingerprint density at radius 2 is 1.96 bits per heavy atom. The second-order valence-corrected chi connectivity index (χ2v) is 4.93. The average Bonchev–Trinajstić information content (AvgIpc) is 2.96. The maximum Gasteiger partial charge on any atom is 0.337 e. The molecule has 3 rings (SSSR count). The molecule has 0 unspecified atom stereocenters. The first-order chi connectivity index (χ1) is 11.1. The molecule has 1 N–H and O–H groups in total. The summed E-state index contributed by atoms with van der Waals surface area (Å²) in [6.07, 6.45) is 2.94. The van der Waals surface area contributed by atoms with E-state index < -0.39 is 5.97 Å². The maximum atomic E-state index is 11.0. The van der Waals surface area contributed by atoms with Crippen LogP contribution in [0.4, 0.5) is 0 Å². The lowest BCUT2D eigenvalue weighted by Gasteiger charge is -2.10. The van der Waals surface area contributed by atoms with Gasteiger partial charge in [0.15, 0.2) is 17.1 Å². The molecular formula is C16H15N3O4. The highest BCUT2D eigenvalue weighted by molar-refractivity contribution is 5.91. The highest BCUT2D eigenvalue weighted by atomic mass is 16.5. The predicted molar refractivity (Wildman–Crippen MR) is 83.1 cm³/mol. The van der Waals surface area contributed by atoms with Gasteiger partial charge < -0.3 is 14.6 Å². The van der Waals surface area contributed by atoms with E-state index >= 15 is 0 Å². The highest BCUT2D eigenvalue weighted by Crippen LogP contribution is 2.28. The predicted octanol–water partition coefficient (Wildman–Crippen LogP) is 2.20. The smallest absolute Gasteiger partial charge is 0.337 e. The number of nitrogens with zero attached hydrogens (tertiary/aromatic N) is 3. The third-order valence-corrected chi connectivity index (χ3v) is 3.50. The molecule has 7 nitrogen and oxygen atoms in total. The molecule has 0 aliphatic heterocycles. The molecule has 0 saturated carbocycles. The number of aromatic carboxylic acids is 1. The minimum absolute atomic E-state index is 0.142. The van der Waals surface area contributed by atoms with Crippen LogP contribution in [0, 0.1) is 0 Å². The summed E-state index contributed by atoms with van der Waals surface area (Å²) in [7, 11) is 3.17. The van der Waals surface area contributed by atoms with Gasteiger partial charge in [-0.05, 0) is 23.8 Å². The summed E-state index contributed by atoms with van der Waals surface area (Å²) in [4.78, 5) is 15.2. The number of benzene rings is 1. The van der Waals surface area contributed by atoms with E-state index in [4.69, 9.17) is 14.6 Å². The number of fused-ring (bicyclic) bond motifs is 1. The number of carboxylic acids is 1. The summed E-state index contributed by atoms with van der Waals surface area (Å²) in [6.45, 7) is 0.489. The van der Waals surface area contributed by atoms with Gasteiger partial charge in [-0.1, -0.05) is 6.07 Å². The van der Waals surface area contributed by atoms with Crippen molar-refractivity contribution in [3.8, 4) is 11.5 Å². The van der Waals surface area contributed by atoms with Crippen molar-refractivity contribution in [3.63, 3.8) is 0 Å². The largest absolute Gasteiger partial charge is 0.493 e. The maximum absolute atomic E-state index is 11.0. The van der Waals surface area contributed by atoms with Gasteiger partial charge >= 0.3 is 5.97 Å². The second kappa shape index (κ2) is 5.96. The van der Waals surface area contributed by atoms with E-state index in [0.717, 1.165) is 5.56 Å². The number of hydrogen-bond acceptors (Lipinski definition) is 5. The molecule has 0 spiro atoms. The van der Waals surface area contributed by atoms with E-state index in [-0.39, 0.29) is 5.56 Å². The highest BCUT2D eigenvalue weighted by Gasteiger charge is 2.11. The number of hydrogen-bond donors (Lipinski definition) is 1. The third-order valence-electron chi connectivity index (χ3n) is 3.50. The molecule has 0 amide bonds. The van der Waals surface area contributed by atoms with Crippen LogP contribution >= 0.6 is 0 Å². The van der Waals surface area contributed by atoms with Crippen molar-refractivity contribution in [2.75, 3.05) is 14.2 Å². The number of aromatic nitrogens is 3. The van der Waals surface area contributed by atoms with Crippen LogP contribution in [0.1, 0.15) is 15.9 Å². The molecule has 23 heavy (non-hydrogen) atoms. The molecule has 2 aromatic heterocycles. The Hall–Kier alpha value is -3.09. The molecule has 118 valence electrons. The van der Waals surface area contributed by atoms with Crippen LogP contribution < -0.4 is 9.47 Å². The van der Waals surface area contributed by atoms with Crippen molar-refractivity contribution in [2.24, 2.45) is 0 Å². The molecule has 1 aromatic carbocycles. The van der Waals surface area contributed by atoms with E-state index in [1.54, 1.807) is 31.2 Å². The number of methoxy groups -OCH3 is 2. The van der Waals surface area contributed by atoms with Crippen LogP contribution in [0.3, 0.4) is 0 Å². The third kappa shape index (κ3) is 2.80. The molecule has 7 heteroatoms. The van der Waals surface area contributed by atoms with Gasteiger partial charge in [0.1, 0.15) is 0 Å². The zero-order valence-corrected chi connectivity index (χ0v) is 12.7. The molecule has 0 fully saturated rings. The molecule has 0 radical (unpaired) electrons. The van der Waals surface area contributed by atoms with E-state index in [1.807, 2.05) is 18.2 Å². The van der Waals surface area contributed by atoms with E-state index in [2.05, 4.69) is 10.1 Å². The van der Waals surface area contributed by atoms with Crippen LogP contribution in [0.15, 0.2) is 36.7 Å². The molecule has 0 saturated heterocycles. The van der Waals surface area contributed by atoms with Crippen molar-refractivity contribution >= 4 is 17.0 Å². The van der Waals surface area contributed by atoms with E-state index in [1.165, 1.54) is 6.20 Å². The first-order valence-corrected chi connectivity index (χ1v) is 6.88. The van der Waals surface area contributed by atoms with Gasteiger partial charge in [-0.15, -0.1) is 0 Å². The van der Waals surface area contributed by atoms with Crippen LogP contribution in [0.25, 0.3) is 11.0 Å². The summed E-state index contributed by atoms with van der Waals surface area (Å²) in [5, 5.41) is 14.0. The fourth-order valence-electron chi connectivity index (χ4n) is 2.36. The molecular weight excluding hydrogens is 298 g/mol. The zero-order valence-electron chi connectivity index (χ0n) is 12.7. The van der Waals surface area contributed by atoms with Crippen molar-refractivity contribution in [2.45, 2.75) is 6.54 Å². The van der Waals surface area contributed by atoms with Crippen molar-refractivity contribution in [1.82, 2.24) is 14.8 Å². The minimum Gasteiger partial charge on any atom is -0.493 e. The fourth-order valence-corrected chi connectivity index (χ4v) is 2.36. The van der Waals surface area contributed by atoms with Gasteiger partial charge in [-0.25, -0.2) is 14.5 Å². The minimum atomic E-state index is -1.01. The standard InChI is InChI=1S/C16H15N3O4/c1-22-13-4-3-10(5-14(13)23-2)9-19-15-11(8-18-19)6-12(7-17-15)16(20)21/h3-8H,9H2,1-2H3,(H,20,21). The van der Waals surface area contributed by atoms with Gasteiger partial charge in [-0.2, -0.15) is 5.10 Å². The average molecular weight is 313 g/mol. The van der Waals surface area contributed by atoms with Gasteiger partial charge in [0.05, 0.1) is 32.5 Å². The molecule has 3 aromatic rings. The van der Waals surface area contributed by atoms with Gasteiger partial charge in [-0.3, -0.25) is 0 Å². The Labute approximate surface area is 132 Å². The van der Waals surface area contributed by atoms with Crippen LogP contribution in [0.2, 0.25) is 0 Å². The Bertz CT molecular complexity index is 873. The number of carboxylic acid groups (broad SMARTS) is 1. The first-order valence-electron chi connectivity index (χ1n) is 6.88. The molecule has 0 aliphatic carbocycles. The number of pyridine rings is 1. The lowest BCUT2D eigenvalue weighted by Crippen LogP contribution is -2.04. The van der Waals surface area contributed by atoms with Crippen LogP contribution in [0.5, 0.6) is 11.5 Å². The van der Waals surface area contributed by atoms with E-state index in [9.17, 15) is 4.79 Å². The van der Waals surface area contributed by atoms with E-state index in [0.29, 0.717) is 29.1 Å². The quantitative estimate of drug-likeness (QED) is 0.777. The molecule has 0 atom stereocenters. The normalized spacial score (nSPS) is 10.7. The summed E-state index contributed by atoms with van der Waals surface area (Å²) < 4.78 is 12.2. The summed E-state index contributed by atoms with van der Waals surface area (Å²) in [6, 6.07) is 7.18. The Morgan fingerprint density at radius 3 is 2.65 bits per heavy atom. The monoisotopic (exact) mass is 313 g/mol. The van der Waals surface area contributed by atoms with Gasteiger partial charge in [0, 0.05) is 11.6 Å². The van der Waals surface area contributed by atoms with Crippen LogP contribution in [-0.2, 0) is 6.54 Å². The Balaban J connectivity index is 1.94. The van der Waals surface area contributed by atoms with Crippen molar-refractivity contribution in [3.05, 3.63) is 47.8 Å². The number of carbonyl (C=O) groups is 1. The number of ether oxygens (including phenoxy) is 2. The lowest BCUT2D eigenvalue weighted by atomic mass is 10.2. The summed E-state index contributed by atoms with van der Waals surface area (Å²) in [5.41, 5.74) is 1.74. The molecule has 0 bridgehead atoms. The van der Waals surface area contributed by atoms with Crippen molar-refractivity contribution in [1.29, 1.82) is 0 Å². The SMILES string of the molecule is COc1ccc(Cn2ncc3cc(C(=O)O)cnc32)cc1OC. The molecule has 2 heterocycles. The summed E-state index contributed by atoms with van der Waals surface area (Å²) >= 11 is 0. The summed E-state index contributed by atoms with van der Waals surface area (Å²) in [5.74, 6) is 0.292. The fraction of sp³-hybridized carbons (Fsp3) is 0.188. The Kier molecular flexibility index (Phi) is 3.84. The Morgan fingerprint density at radius 1 is 1.17 bits per heavy atom. The zero-order chi connectivity index (χ0) is 16.4.